The average molecular weight is 727 g/mol. The summed E-state index contributed by atoms with van der Waals surface area (Å²) in [6, 6.07) is 14.4. The summed E-state index contributed by atoms with van der Waals surface area (Å²) in [4.78, 5) is 91.7. The first-order valence-corrected chi connectivity index (χ1v) is 16.5. The molecule has 2 aromatic rings. The van der Waals surface area contributed by atoms with Gasteiger partial charge in [-0.2, -0.15) is 0 Å². The summed E-state index contributed by atoms with van der Waals surface area (Å²) >= 11 is 0. The van der Waals surface area contributed by atoms with Crippen LogP contribution in [0.5, 0.6) is 0 Å². The second-order valence-corrected chi connectivity index (χ2v) is 13.3. The van der Waals surface area contributed by atoms with Crippen molar-refractivity contribution >= 4 is 41.8 Å². The van der Waals surface area contributed by atoms with Gasteiger partial charge in [0.05, 0.1) is 27.3 Å². The molecule has 2 aromatic carbocycles. The van der Waals surface area contributed by atoms with Gasteiger partial charge >= 0.3 is 18.2 Å². The summed E-state index contributed by atoms with van der Waals surface area (Å²) in [6.45, 7) is 6.81. The lowest BCUT2D eigenvalue weighted by Gasteiger charge is -2.34. The van der Waals surface area contributed by atoms with E-state index in [9.17, 15) is 33.6 Å². The van der Waals surface area contributed by atoms with Crippen LogP contribution in [0.1, 0.15) is 45.7 Å². The van der Waals surface area contributed by atoms with Gasteiger partial charge in [-0.3, -0.25) is 19.2 Å². The van der Waals surface area contributed by atoms with Crippen LogP contribution in [-0.4, -0.2) is 110 Å². The van der Waals surface area contributed by atoms with E-state index in [0.717, 1.165) is 17.6 Å². The smallest absolute Gasteiger partial charge is 0.408 e. The number of carbonyl (C=O) groups excluding carboxylic acids is 7. The zero-order valence-corrected chi connectivity index (χ0v) is 30.9. The van der Waals surface area contributed by atoms with Crippen LogP contribution in [0.4, 0.5) is 9.59 Å². The van der Waals surface area contributed by atoms with Gasteiger partial charge in [-0.05, 0) is 45.7 Å². The molecule has 16 heteroatoms. The molecule has 52 heavy (non-hydrogen) atoms. The summed E-state index contributed by atoms with van der Waals surface area (Å²) in [5, 5.41) is 12.6. The van der Waals surface area contributed by atoms with Gasteiger partial charge in [-0.25, -0.2) is 14.4 Å². The van der Waals surface area contributed by atoms with Gasteiger partial charge in [-0.1, -0.05) is 60.7 Å². The van der Waals surface area contributed by atoms with Gasteiger partial charge in [-0.15, -0.1) is 0 Å². The molecule has 0 fully saturated rings. The fourth-order valence-electron chi connectivity index (χ4n) is 4.84. The van der Waals surface area contributed by atoms with Gasteiger partial charge in [0.15, 0.2) is 0 Å². The predicted octanol–water partition coefficient (Wildman–Crippen LogP) is 1.22. The van der Waals surface area contributed by atoms with Crippen molar-refractivity contribution < 1.29 is 47.8 Å². The van der Waals surface area contributed by atoms with Crippen molar-refractivity contribution in [3.8, 4) is 0 Å². The first-order chi connectivity index (χ1) is 24.4. The molecule has 0 spiro atoms. The van der Waals surface area contributed by atoms with Crippen LogP contribution >= 0.6 is 0 Å². The molecule has 0 aliphatic carbocycles. The molecule has 0 bridgehead atoms. The number of nitrogens with zero attached hydrogens (tertiary/aromatic N) is 1. The van der Waals surface area contributed by atoms with Gasteiger partial charge in [0, 0.05) is 19.9 Å². The monoisotopic (exact) mass is 726 g/mol. The minimum absolute atomic E-state index is 0.00225. The molecular weight excluding hydrogens is 676 g/mol. The van der Waals surface area contributed by atoms with E-state index in [1.807, 2.05) is 6.07 Å². The van der Waals surface area contributed by atoms with Gasteiger partial charge in [0.1, 0.15) is 29.3 Å². The van der Waals surface area contributed by atoms with E-state index in [1.165, 1.54) is 28.0 Å². The summed E-state index contributed by atoms with van der Waals surface area (Å²) < 4.78 is 14.8. The van der Waals surface area contributed by atoms with Crippen LogP contribution in [-0.2, 0) is 51.0 Å². The largest absolute Gasteiger partial charge is 0.467 e. The van der Waals surface area contributed by atoms with Crippen LogP contribution < -0.4 is 26.6 Å². The Bertz CT molecular complexity index is 1550. The molecule has 284 valence electrons. The molecule has 0 aliphatic rings. The topological polar surface area (TPSA) is 211 Å². The fourth-order valence-corrected chi connectivity index (χ4v) is 4.84. The molecule has 5 N–H and O–H groups in total. The van der Waals surface area contributed by atoms with Crippen molar-refractivity contribution in [1.29, 1.82) is 0 Å². The molecule has 0 saturated heterocycles. The molecule has 4 atom stereocenters. The summed E-state index contributed by atoms with van der Waals surface area (Å²) in [7, 11) is 3.64. The quantitative estimate of drug-likeness (QED) is 0.123. The van der Waals surface area contributed by atoms with Crippen molar-refractivity contribution in [1.82, 2.24) is 31.5 Å². The number of nitrogens with one attached hydrogen (secondary N) is 5. The number of rotatable bonds is 16. The minimum Gasteiger partial charge on any atom is -0.467 e. The van der Waals surface area contributed by atoms with E-state index < -0.39 is 84.1 Å². The lowest BCUT2D eigenvalue weighted by Crippen LogP contribution is -2.65. The second kappa shape index (κ2) is 19.7. The Morgan fingerprint density at radius 2 is 1.25 bits per heavy atom. The number of hydrogen-bond acceptors (Lipinski definition) is 10. The first kappa shape index (κ1) is 42.5. The zero-order valence-electron chi connectivity index (χ0n) is 30.9. The second-order valence-electron chi connectivity index (χ2n) is 13.3. The number of methoxy groups -OCH3 is 2. The summed E-state index contributed by atoms with van der Waals surface area (Å²) in [5.74, 6) is -3.57. The fraction of sp³-hybridized carbons (Fsp3) is 0.472. The van der Waals surface area contributed by atoms with Crippen molar-refractivity contribution in [2.45, 2.75) is 76.7 Å². The van der Waals surface area contributed by atoms with Gasteiger partial charge < -0.3 is 45.7 Å². The van der Waals surface area contributed by atoms with Crippen LogP contribution in [0, 0.1) is 0 Å². The highest BCUT2D eigenvalue weighted by molar-refractivity contribution is 5.96. The van der Waals surface area contributed by atoms with Crippen molar-refractivity contribution in [3.63, 3.8) is 0 Å². The Balaban J connectivity index is 2.25. The van der Waals surface area contributed by atoms with Crippen molar-refractivity contribution in [3.05, 3.63) is 71.8 Å². The number of likely N-dealkylation sites (N-methyl/N-ethyl adjacent to an activating group) is 1. The third-order valence-electron chi connectivity index (χ3n) is 7.57. The van der Waals surface area contributed by atoms with Crippen molar-refractivity contribution in [2.24, 2.45) is 0 Å². The van der Waals surface area contributed by atoms with Crippen LogP contribution in [0.25, 0.3) is 0 Å². The number of benzene rings is 2. The highest BCUT2D eigenvalue weighted by Crippen LogP contribution is 2.12. The Morgan fingerprint density at radius 3 is 1.75 bits per heavy atom. The molecule has 0 heterocycles. The Kier molecular flexibility index (Phi) is 16.1. The number of esters is 1. The molecular formula is C36H50N6O10. The van der Waals surface area contributed by atoms with Crippen LogP contribution in [0.3, 0.4) is 0 Å². The Hall–Kier alpha value is -5.67. The van der Waals surface area contributed by atoms with Gasteiger partial charge in [0.25, 0.3) is 0 Å². The van der Waals surface area contributed by atoms with E-state index in [-0.39, 0.29) is 12.8 Å². The lowest BCUT2D eigenvalue weighted by molar-refractivity contribution is -0.145. The van der Waals surface area contributed by atoms with E-state index in [2.05, 4.69) is 26.6 Å². The molecule has 0 aliphatic heterocycles. The summed E-state index contributed by atoms with van der Waals surface area (Å²) in [6.07, 6.45) is -1.69. The SMILES string of the molecule is COC(=O)N[C@](C)(CN(C)C(=O)CNC(=O)[C@H](C)NC(=O)OC(C)(C)C)C(=O)N[C@@H](Cc1ccccc1)C(=O)N[C@@H](Cc1ccccc1)C(=O)OC. The first-order valence-electron chi connectivity index (χ1n) is 16.5. The normalized spacial score (nSPS) is 13.8. The molecule has 6 amide bonds. The zero-order chi connectivity index (χ0) is 39.1. The van der Waals surface area contributed by atoms with Crippen molar-refractivity contribution in [2.75, 3.05) is 34.4 Å². The number of ether oxygens (including phenoxy) is 3. The number of amides is 6. The molecule has 0 radical (unpaired) electrons. The molecule has 2 rings (SSSR count). The number of alkyl carbamates (subject to hydrolysis) is 2. The highest BCUT2D eigenvalue weighted by Gasteiger charge is 2.40. The molecule has 16 nitrogen and oxygen atoms in total. The summed E-state index contributed by atoms with van der Waals surface area (Å²) in [5.41, 5.74) is -1.21. The third-order valence-corrected chi connectivity index (χ3v) is 7.57. The highest BCUT2D eigenvalue weighted by atomic mass is 16.6. The standard InChI is InChI=1S/C36H50N6O10/c1-23(38-33(48)52-35(2,3)4)29(44)37-21-28(43)42(6)22-36(5,41-34(49)51-8)32(47)40-26(19-24-15-11-9-12-16-24)30(45)39-27(31(46)50-7)20-25-17-13-10-14-18-25/h9-18,23,26-27H,19-22H2,1-8H3,(H,37,44)(H,38,48)(H,39,45)(H,40,47)(H,41,49)/t23-,26-,27-,36+/m0/s1. The molecule has 0 aromatic heterocycles. The Morgan fingerprint density at radius 1 is 0.712 bits per heavy atom. The maximum atomic E-state index is 14.0. The average Bonchev–Trinajstić information content (AvgIpc) is 3.09. The number of hydrogen-bond donors (Lipinski definition) is 5. The van der Waals surface area contributed by atoms with Gasteiger partial charge in [0.2, 0.25) is 23.6 Å². The molecule has 0 saturated carbocycles. The maximum Gasteiger partial charge on any atom is 0.408 e. The lowest BCUT2D eigenvalue weighted by atomic mass is 9.97. The predicted molar refractivity (Wildman–Crippen MR) is 190 cm³/mol. The van der Waals surface area contributed by atoms with E-state index >= 15 is 0 Å². The Labute approximate surface area is 303 Å². The number of carbonyl (C=O) groups is 7. The third kappa shape index (κ3) is 14.3. The van der Waals surface area contributed by atoms with E-state index in [0.29, 0.717) is 5.56 Å². The van der Waals surface area contributed by atoms with E-state index in [4.69, 9.17) is 14.2 Å². The van der Waals surface area contributed by atoms with E-state index in [1.54, 1.807) is 75.4 Å². The maximum absolute atomic E-state index is 14.0. The van der Waals surface area contributed by atoms with Crippen LogP contribution in [0.15, 0.2) is 60.7 Å². The van der Waals surface area contributed by atoms with Crippen LogP contribution in [0.2, 0.25) is 0 Å². The minimum atomic E-state index is -1.87. The molecule has 0 unspecified atom stereocenters.